The average Bonchev–Trinajstić information content (AvgIpc) is 2.29. The van der Waals surface area contributed by atoms with E-state index < -0.39 is 22.8 Å². The minimum atomic E-state index is -1.10. The van der Waals surface area contributed by atoms with Crippen LogP contribution >= 0.6 is 0 Å². The number of nitrogens with one attached hydrogen (secondary N) is 1. The molecular weight excluding hydrogens is 234 g/mol. The van der Waals surface area contributed by atoms with Gasteiger partial charge in [0.2, 0.25) is 0 Å². The summed E-state index contributed by atoms with van der Waals surface area (Å²) in [6.07, 6.45) is 4.08. The van der Waals surface area contributed by atoms with Crippen molar-refractivity contribution in [2.45, 2.75) is 33.2 Å². The van der Waals surface area contributed by atoms with Gasteiger partial charge < -0.3 is 10.4 Å². The minimum absolute atomic E-state index is 0.298. The molecule has 0 fully saturated rings. The van der Waals surface area contributed by atoms with Crippen LogP contribution in [0, 0.1) is 5.41 Å². The molecule has 6 nitrogen and oxygen atoms in total. The van der Waals surface area contributed by atoms with Crippen LogP contribution in [0.3, 0.4) is 0 Å². The highest BCUT2D eigenvalue weighted by Gasteiger charge is 2.44. The first kappa shape index (κ1) is 14.1. The maximum atomic E-state index is 11.9. The molecule has 0 aliphatic heterocycles. The summed E-state index contributed by atoms with van der Waals surface area (Å²) in [5.41, 5.74) is -1.71. The van der Waals surface area contributed by atoms with Crippen LogP contribution in [-0.4, -0.2) is 32.5 Å². The molecule has 0 unspecified atom stereocenters. The van der Waals surface area contributed by atoms with Crippen molar-refractivity contribution in [2.24, 2.45) is 5.41 Å². The number of hydrogen-bond acceptors (Lipinski definition) is 4. The largest absolute Gasteiger partial charge is 0.481 e. The lowest BCUT2D eigenvalue weighted by Gasteiger charge is -2.38. The second-order valence-electron chi connectivity index (χ2n) is 5.14. The topological polar surface area (TPSA) is 92.2 Å². The van der Waals surface area contributed by atoms with Crippen molar-refractivity contribution < 1.29 is 14.7 Å². The zero-order valence-electron chi connectivity index (χ0n) is 10.9. The molecular formula is C12H17N3O3. The number of hydrogen-bond donors (Lipinski definition) is 2. The third kappa shape index (κ3) is 2.64. The summed E-state index contributed by atoms with van der Waals surface area (Å²) in [5.74, 6) is -1.37. The van der Waals surface area contributed by atoms with E-state index in [-0.39, 0.29) is 0 Å². The summed E-state index contributed by atoms with van der Waals surface area (Å²) >= 11 is 0. The molecule has 0 saturated carbocycles. The highest BCUT2D eigenvalue weighted by molar-refractivity contribution is 5.94. The molecule has 18 heavy (non-hydrogen) atoms. The first-order valence-corrected chi connectivity index (χ1v) is 5.49. The smallest absolute Gasteiger partial charge is 0.311 e. The predicted molar refractivity (Wildman–Crippen MR) is 65.0 cm³/mol. The molecule has 0 aromatic carbocycles. The summed E-state index contributed by atoms with van der Waals surface area (Å²) in [4.78, 5) is 30.6. The van der Waals surface area contributed by atoms with E-state index in [4.69, 9.17) is 0 Å². The van der Waals surface area contributed by atoms with Gasteiger partial charge in [-0.3, -0.25) is 9.59 Å². The second-order valence-corrected chi connectivity index (χ2v) is 5.14. The Hall–Kier alpha value is -1.98. The van der Waals surface area contributed by atoms with E-state index in [0.29, 0.717) is 5.56 Å². The highest BCUT2D eigenvalue weighted by atomic mass is 16.4. The van der Waals surface area contributed by atoms with Crippen molar-refractivity contribution in [3.8, 4) is 0 Å². The first-order valence-electron chi connectivity index (χ1n) is 5.49. The van der Waals surface area contributed by atoms with Crippen LogP contribution in [0.4, 0.5) is 0 Å². The molecule has 0 spiro atoms. The van der Waals surface area contributed by atoms with Crippen LogP contribution in [0.25, 0.3) is 0 Å². The lowest BCUT2D eigenvalue weighted by atomic mass is 9.74. The molecule has 0 bridgehead atoms. The van der Waals surface area contributed by atoms with Gasteiger partial charge >= 0.3 is 5.97 Å². The van der Waals surface area contributed by atoms with Gasteiger partial charge in [0.25, 0.3) is 5.91 Å². The van der Waals surface area contributed by atoms with Crippen molar-refractivity contribution in [2.75, 3.05) is 0 Å². The van der Waals surface area contributed by atoms with Crippen LogP contribution in [0.15, 0.2) is 18.7 Å². The molecule has 1 aromatic rings. The summed E-state index contributed by atoms with van der Waals surface area (Å²) in [7, 11) is 0. The number of amides is 1. The Morgan fingerprint density at radius 1 is 1.17 bits per heavy atom. The number of carbonyl (C=O) groups excluding carboxylic acids is 1. The maximum absolute atomic E-state index is 11.9. The van der Waals surface area contributed by atoms with Crippen LogP contribution in [0.1, 0.15) is 38.1 Å². The second kappa shape index (κ2) is 4.72. The van der Waals surface area contributed by atoms with Crippen LogP contribution in [0.2, 0.25) is 0 Å². The molecule has 0 atom stereocenters. The molecule has 2 N–H and O–H groups in total. The van der Waals surface area contributed by atoms with Crippen molar-refractivity contribution >= 4 is 11.9 Å². The number of aliphatic carboxylic acids is 1. The van der Waals surface area contributed by atoms with E-state index in [2.05, 4.69) is 15.3 Å². The molecule has 6 heteroatoms. The van der Waals surface area contributed by atoms with E-state index in [1.807, 2.05) is 0 Å². The van der Waals surface area contributed by atoms with Gasteiger partial charge in [0.15, 0.2) is 0 Å². The quantitative estimate of drug-likeness (QED) is 0.835. The Morgan fingerprint density at radius 3 is 2.11 bits per heavy atom. The fourth-order valence-corrected chi connectivity index (χ4v) is 1.20. The summed E-state index contributed by atoms with van der Waals surface area (Å²) < 4.78 is 0. The SMILES string of the molecule is CC(C)(NC(=O)c1cncnc1)C(C)(C)C(=O)O. The molecule has 0 aliphatic carbocycles. The average molecular weight is 251 g/mol. The van der Waals surface area contributed by atoms with Gasteiger partial charge in [-0.15, -0.1) is 0 Å². The van der Waals surface area contributed by atoms with E-state index in [1.165, 1.54) is 18.7 Å². The fraction of sp³-hybridized carbons (Fsp3) is 0.500. The summed E-state index contributed by atoms with van der Waals surface area (Å²) in [6, 6.07) is 0. The number of carbonyl (C=O) groups is 2. The van der Waals surface area contributed by atoms with E-state index >= 15 is 0 Å². The fourth-order valence-electron chi connectivity index (χ4n) is 1.20. The normalized spacial score (nSPS) is 12.0. The minimum Gasteiger partial charge on any atom is -0.481 e. The molecule has 98 valence electrons. The van der Waals surface area contributed by atoms with E-state index in [9.17, 15) is 14.7 Å². The zero-order valence-corrected chi connectivity index (χ0v) is 10.9. The number of carboxylic acid groups (broad SMARTS) is 1. The molecule has 1 heterocycles. The van der Waals surface area contributed by atoms with Crippen LogP contribution in [0.5, 0.6) is 0 Å². The van der Waals surface area contributed by atoms with Gasteiger partial charge in [-0.2, -0.15) is 0 Å². The van der Waals surface area contributed by atoms with Crippen LogP contribution in [-0.2, 0) is 4.79 Å². The lowest BCUT2D eigenvalue weighted by Crippen LogP contribution is -2.57. The highest BCUT2D eigenvalue weighted by Crippen LogP contribution is 2.30. The van der Waals surface area contributed by atoms with Crippen molar-refractivity contribution in [3.63, 3.8) is 0 Å². The van der Waals surface area contributed by atoms with Gasteiger partial charge in [-0.25, -0.2) is 9.97 Å². The third-order valence-corrected chi connectivity index (χ3v) is 3.35. The van der Waals surface area contributed by atoms with Crippen LogP contribution < -0.4 is 5.32 Å². The van der Waals surface area contributed by atoms with Crippen molar-refractivity contribution in [3.05, 3.63) is 24.3 Å². The summed E-state index contributed by atoms with van der Waals surface area (Å²) in [5, 5.41) is 11.9. The Balaban J connectivity index is 2.91. The number of carboxylic acids is 1. The molecule has 0 radical (unpaired) electrons. The molecule has 1 amide bonds. The number of nitrogens with zero attached hydrogens (tertiary/aromatic N) is 2. The lowest BCUT2D eigenvalue weighted by molar-refractivity contribution is -0.150. The van der Waals surface area contributed by atoms with Crippen molar-refractivity contribution in [1.29, 1.82) is 0 Å². The van der Waals surface area contributed by atoms with Crippen molar-refractivity contribution in [1.82, 2.24) is 15.3 Å². The first-order chi connectivity index (χ1) is 8.18. The molecule has 1 aromatic heterocycles. The van der Waals surface area contributed by atoms with Gasteiger partial charge in [-0.05, 0) is 27.7 Å². The molecule has 0 saturated heterocycles. The Labute approximate surface area is 105 Å². The Bertz CT molecular complexity index is 455. The number of rotatable bonds is 4. The third-order valence-electron chi connectivity index (χ3n) is 3.35. The Kier molecular flexibility index (Phi) is 3.69. The van der Waals surface area contributed by atoms with E-state index in [1.54, 1.807) is 27.7 Å². The standard InChI is InChI=1S/C12H17N3O3/c1-11(2,10(17)18)12(3,4)15-9(16)8-5-13-7-14-6-8/h5-7H,1-4H3,(H,15,16)(H,17,18). The Morgan fingerprint density at radius 2 is 1.67 bits per heavy atom. The number of aromatic nitrogens is 2. The van der Waals surface area contributed by atoms with Gasteiger partial charge in [-0.1, -0.05) is 0 Å². The zero-order chi connectivity index (χ0) is 14.0. The van der Waals surface area contributed by atoms with E-state index in [0.717, 1.165) is 0 Å². The van der Waals surface area contributed by atoms with Gasteiger partial charge in [0.1, 0.15) is 6.33 Å². The maximum Gasteiger partial charge on any atom is 0.311 e. The monoisotopic (exact) mass is 251 g/mol. The van der Waals surface area contributed by atoms with Gasteiger partial charge in [0, 0.05) is 12.4 Å². The van der Waals surface area contributed by atoms with Gasteiger partial charge in [0.05, 0.1) is 16.5 Å². The molecule has 1 rings (SSSR count). The molecule has 0 aliphatic rings. The predicted octanol–water partition coefficient (Wildman–Crippen LogP) is 1.10. The summed E-state index contributed by atoms with van der Waals surface area (Å²) in [6.45, 7) is 6.47.